The lowest BCUT2D eigenvalue weighted by Gasteiger charge is -2.28. The van der Waals surface area contributed by atoms with E-state index in [1.807, 2.05) is 44.2 Å². The molecule has 0 spiro atoms. The van der Waals surface area contributed by atoms with Crippen LogP contribution in [0.25, 0.3) is 0 Å². The zero-order valence-electron chi connectivity index (χ0n) is 21.7. The number of aromatic amines is 1. The Kier molecular flexibility index (Phi) is 7.37. The van der Waals surface area contributed by atoms with E-state index in [1.165, 1.54) is 13.3 Å². The summed E-state index contributed by atoms with van der Waals surface area (Å²) in [6.07, 6.45) is 1.76. The first-order valence-corrected chi connectivity index (χ1v) is 12.9. The second-order valence-electron chi connectivity index (χ2n) is 10.2. The first kappa shape index (κ1) is 25.8. The number of nitrogens with zero attached hydrogens (tertiary/aromatic N) is 4. The number of hydrogen-bond acceptors (Lipinski definition) is 8. The third-order valence-corrected chi connectivity index (χ3v) is 7.14. The molecule has 2 amide bonds. The fourth-order valence-electron chi connectivity index (χ4n) is 5.23. The molecule has 38 heavy (non-hydrogen) atoms. The molecule has 0 radical (unpaired) electrons. The predicted molar refractivity (Wildman–Crippen MR) is 136 cm³/mol. The van der Waals surface area contributed by atoms with Gasteiger partial charge < -0.3 is 33.9 Å². The minimum atomic E-state index is -0.709. The molecule has 1 aromatic carbocycles. The van der Waals surface area contributed by atoms with Crippen molar-refractivity contribution in [3.8, 4) is 11.6 Å². The monoisotopic (exact) mass is 523 g/mol. The van der Waals surface area contributed by atoms with Crippen LogP contribution in [0.1, 0.15) is 60.7 Å². The first-order chi connectivity index (χ1) is 18.3. The summed E-state index contributed by atoms with van der Waals surface area (Å²) in [5.74, 6) is 0.867. The summed E-state index contributed by atoms with van der Waals surface area (Å²) in [6, 6.07) is 10.7. The fourth-order valence-corrected chi connectivity index (χ4v) is 5.23. The second kappa shape index (κ2) is 10.9. The van der Waals surface area contributed by atoms with Crippen molar-refractivity contribution in [2.45, 2.75) is 50.9 Å². The fraction of sp³-hybridized carbons (Fsp3) is 0.481. The Morgan fingerprint density at radius 3 is 2.71 bits per heavy atom. The minimum absolute atomic E-state index is 0.0792. The van der Waals surface area contributed by atoms with E-state index in [2.05, 4.69) is 15.1 Å². The largest absolute Gasteiger partial charge is 0.489 e. The van der Waals surface area contributed by atoms with Crippen molar-refractivity contribution in [3.05, 3.63) is 59.9 Å². The molecular weight excluding hydrogens is 490 g/mol. The van der Waals surface area contributed by atoms with E-state index in [9.17, 15) is 14.7 Å². The van der Waals surface area contributed by atoms with Crippen molar-refractivity contribution in [3.63, 3.8) is 0 Å². The zero-order valence-corrected chi connectivity index (χ0v) is 21.7. The zero-order chi connectivity index (χ0) is 26.8. The van der Waals surface area contributed by atoms with E-state index >= 15 is 0 Å². The van der Waals surface area contributed by atoms with Gasteiger partial charge in [0.25, 0.3) is 11.8 Å². The maximum Gasteiger partial charge on any atom is 0.272 e. The number of rotatable bonds is 8. The Morgan fingerprint density at radius 1 is 1.21 bits per heavy atom. The highest BCUT2D eigenvalue weighted by molar-refractivity contribution is 5.92. The Bertz CT molecular complexity index is 1260. The summed E-state index contributed by atoms with van der Waals surface area (Å²) in [5.41, 5.74) is 0.342. The van der Waals surface area contributed by atoms with Gasteiger partial charge in [0.2, 0.25) is 5.91 Å². The van der Waals surface area contributed by atoms with E-state index in [1.54, 1.807) is 15.9 Å². The topological polar surface area (TPSA) is 134 Å². The number of carbonyl (C=O) groups excluding carboxylic acids is 2. The van der Waals surface area contributed by atoms with E-state index in [0.717, 1.165) is 12.2 Å². The van der Waals surface area contributed by atoms with Gasteiger partial charge >= 0.3 is 0 Å². The number of imidazole rings is 1. The molecule has 2 fully saturated rings. The SMILES string of the molecule is COc1cc(C(C(=O)N2C[C@H](O)C[C@H]2c2ncc(C(=O)N3CCC(Oc4ccccc4)C3)[nH]2)C(C)C)on1. The van der Waals surface area contributed by atoms with Gasteiger partial charge in [-0.05, 0) is 23.2 Å². The quantitative estimate of drug-likeness (QED) is 0.460. The van der Waals surface area contributed by atoms with Crippen LogP contribution in [0.4, 0.5) is 0 Å². The number of amides is 2. The van der Waals surface area contributed by atoms with Crippen LogP contribution in [0.3, 0.4) is 0 Å². The number of para-hydroxylation sites is 1. The Labute approximate surface area is 220 Å². The van der Waals surface area contributed by atoms with Gasteiger partial charge in [-0.2, -0.15) is 0 Å². The number of β-amino-alcohol motifs (C(OH)–C–C–N with tert-alkyl or cyclic N) is 1. The lowest BCUT2D eigenvalue weighted by molar-refractivity contribution is -0.135. The van der Waals surface area contributed by atoms with Crippen LogP contribution >= 0.6 is 0 Å². The highest BCUT2D eigenvalue weighted by Crippen LogP contribution is 2.37. The molecule has 202 valence electrons. The lowest BCUT2D eigenvalue weighted by Crippen LogP contribution is -2.37. The Balaban J connectivity index is 1.28. The van der Waals surface area contributed by atoms with Gasteiger partial charge in [0.05, 0.1) is 32.0 Å². The summed E-state index contributed by atoms with van der Waals surface area (Å²) in [7, 11) is 1.48. The summed E-state index contributed by atoms with van der Waals surface area (Å²) in [4.78, 5) is 37.8. The van der Waals surface area contributed by atoms with Gasteiger partial charge in [-0.25, -0.2) is 4.98 Å². The van der Waals surface area contributed by atoms with Crippen LogP contribution < -0.4 is 9.47 Å². The lowest BCUT2D eigenvalue weighted by atomic mass is 9.91. The number of nitrogens with one attached hydrogen (secondary N) is 1. The van der Waals surface area contributed by atoms with Gasteiger partial charge in [-0.3, -0.25) is 9.59 Å². The number of likely N-dealkylation sites (tertiary alicyclic amines) is 2. The molecule has 2 saturated heterocycles. The van der Waals surface area contributed by atoms with Gasteiger partial charge in [0.1, 0.15) is 29.3 Å². The average Bonchev–Trinajstić information content (AvgIpc) is 3.70. The first-order valence-electron chi connectivity index (χ1n) is 12.9. The van der Waals surface area contributed by atoms with Crippen molar-refractivity contribution < 1.29 is 28.7 Å². The number of carbonyl (C=O) groups is 2. The van der Waals surface area contributed by atoms with Crippen molar-refractivity contribution in [2.24, 2.45) is 5.92 Å². The molecule has 0 saturated carbocycles. The molecule has 4 heterocycles. The van der Waals surface area contributed by atoms with Crippen molar-refractivity contribution in [1.29, 1.82) is 0 Å². The number of hydrogen-bond donors (Lipinski definition) is 2. The molecule has 5 rings (SSSR count). The van der Waals surface area contributed by atoms with Crippen LogP contribution in [-0.2, 0) is 4.79 Å². The van der Waals surface area contributed by atoms with E-state index in [0.29, 0.717) is 42.7 Å². The molecule has 0 bridgehead atoms. The normalized spacial score (nSPS) is 22.2. The number of aromatic nitrogens is 3. The molecule has 3 aromatic rings. The van der Waals surface area contributed by atoms with Crippen molar-refractivity contribution in [2.75, 3.05) is 26.7 Å². The molecular formula is C27H33N5O6. The maximum atomic E-state index is 13.7. The summed E-state index contributed by atoms with van der Waals surface area (Å²) < 4.78 is 16.5. The molecule has 2 unspecified atom stereocenters. The minimum Gasteiger partial charge on any atom is -0.489 e. The average molecular weight is 524 g/mol. The molecule has 11 nitrogen and oxygen atoms in total. The summed E-state index contributed by atoms with van der Waals surface area (Å²) >= 11 is 0. The van der Waals surface area contributed by atoms with Crippen molar-refractivity contribution in [1.82, 2.24) is 24.9 Å². The van der Waals surface area contributed by atoms with E-state index in [4.69, 9.17) is 14.0 Å². The van der Waals surface area contributed by atoms with Crippen LogP contribution in [0.2, 0.25) is 0 Å². The van der Waals surface area contributed by atoms with E-state index < -0.39 is 18.1 Å². The van der Waals surface area contributed by atoms with Gasteiger partial charge in [0, 0.05) is 32.0 Å². The van der Waals surface area contributed by atoms with Gasteiger partial charge in [-0.1, -0.05) is 32.0 Å². The van der Waals surface area contributed by atoms with Crippen LogP contribution in [0.15, 0.2) is 47.1 Å². The number of H-pyrrole nitrogens is 1. The number of ether oxygens (including phenoxy) is 2. The molecule has 2 aromatic heterocycles. The van der Waals surface area contributed by atoms with Gasteiger partial charge in [-0.15, -0.1) is 0 Å². The number of aliphatic hydroxyl groups is 1. The number of benzene rings is 1. The molecule has 2 aliphatic rings. The summed E-state index contributed by atoms with van der Waals surface area (Å²) in [6.45, 7) is 5.06. The predicted octanol–water partition coefficient (Wildman–Crippen LogP) is 2.77. The van der Waals surface area contributed by atoms with Crippen LogP contribution in [0.5, 0.6) is 11.6 Å². The molecule has 4 atom stereocenters. The number of aliphatic hydroxyl groups excluding tert-OH is 1. The van der Waals surface area contributed by atoms with Gasteiger partial charge in [0.15, 0.2) is 5.76 Å². The van der Waals surface area contributed by atoms with Crippen LogP contribution in [-0.4, -0.2) is 80.8 Å². The smallest absolute Gasteiger partial charge is 0.272 e. The van der Waals surface area contributed by atoms with E-state index in [-0.39, 0.29) is 30.4 Å². The molecule has 2 N–H and O–H groups in total. The molecule has 0 aliphatic carbocycles. The Morgan fingerprint density at radius 2 is 2.00 bits per heavy atom. The summed E-state index contributed by atoms with van der Waals surface area (Å²) in [5, 5.41) is 14.3. The molecule has 2 aliphatic heterocycles. The highest BCUT2D eigenvalue weighted by Gasteiger charge is 2.42. The Hall–Kier alpha value is -3.86. The van der Waals surface area contributed by atoms with Crippen LogP contribution in [0, 0.1) is 5.92 Å². The maximum absolute atomic E-state index is 13.7. The van der Waals surface area contributed by atoms with Crippen molar-refractivity contribution >= 4 is 11.8 Å². The third-order valence-electron chi connectivity index (χ3n) is 7.14. The number of methoxy groups -OCH3 is 1. The third kappa shape index (κ3) is 5.24. The second-order valence-corrected chi connectivity index (χ2v) is 10.2. The highest BCUT2D eigenvalue weighted by atomic mass is 16.5. The standard InChI is InChI=1S/C27H33N5O6/c1-16(2)24(22-12-23(36-3)30-38-22)27(35)32-14-17(33)11-21(32)25-28-13-20(29-25)26(34)31-10-9-19(15-31)37-18-7-5-4-6-8-18/h4-8,12-13,16-17,19,21,24,33H,9-11,14-15H2,1-3H3,(H,28,29)/t17-,19?,21+,24?/m1/s1. The molecule has 11 heteroatoms.